The van der Waals surface area contributed by atoms with Crippen LogP contribution in [0.25, 0.3) is 0 Å². The Balaban J connectivity index is 1.43. The van der Waals surface area contributed by atoms with Crippen molar-refractivity contribution in [3.63, 3.8) is 0 Å². The molecule has 4 rings (SSSR count). The zero-order valence-corrected chi connectivity index (χ0v) is 15.7. The van der Waals surface area contributed by atoms with Gasteiger partial charge in [-0.2, -0.15) is 5.10 Å². The molecule has 2 aromatic rings. The fraction of sp³-hybridized carbons (Fsp3) is 0.500. The maximum Gasteiger partial charge on any atom is 0.223 e. The number of benzene rings is 1. The third-order valence-corrected chi connectivity index (χ3v) is 5.78. The lowest BCUT2D eigenvalue weighted by Crippen LogP contribution is -2.29. The quantitative estimate of drug-likeness (QED) is 0.892. The van der Waals surface area contributed by atoms with Gasteiger partial charge >= 0.3 is 0 Å². The number of amides is 1. The van der Waals surface area contributed by atoms with Gasteiger partial charge in [0.1, 0.15) is 5.75 Å². The van der Waals surface area contributed by atoms with Crippen LogP contribution in [0.3, 0.4) is 0 Å². The Kier molecular flexibility index (Phi) is 4.44. The average Bonchev–Trinajstić information content (AvgIpc) is 3.29. The topological polar surface area (TPSA) is 59.4 Å². The van der Waals surface area contributed by atoms with Gasteiger partial charge in [-0.1, -0.05) is 12.1 Å². The highest BCUT2D eigenvalue weighted by molar-refractivity contribution is 5.79. The molecule has 1 aromatic heterocycles. The summed E-state index contributed by atoms with van der Waals surface area (Å²) in [5.41, 5.74) is 4.84. The molecule has 0 unspecified atom stereocenters. The van der Waals surface area contributed by atoms with Crippen LogP contribution in [-0.2, 0) is 24.8 Å². The number of aromatic nitrogens is 2. The molecule has 1 fully saturated rings. The zero-order chi connectivity index (χ0) is 18.3. The highest BCUT2D eigenvalue weighted by atomic mass is 16.5. The lowest BCUT2D eigenvalue weighted by Gasteiger charge is -2.25. The predicted molar refractivity (Wildman–Crippen MR) is 98.9 cm³/mol. The molecule has 0 radical (unpaired) electrons. The number of rotatable bonds is 5. The molecular weight excluding hydrogens is 328 g/mol. The Morgan fingerprint density at radius 2 is 2.19 bits per heavy atom. The summed E-state index contributed by atoms with van der Waals surface area (Å²) in [6, 6.07) is 6.50. The van der Waals surface area contributed by atoms with Crippen LogP contribution in [0.15, 0.2) is 24.4 Å². The molecule has 2 atom stereocenters. The van der Waals surface area contributed by atoms with Gasteiger partial charge in [-0.25, -0.2) is 0 Å². The van der Waals surface area contributed by atoms with E-state index >= 15 is 0 Å². The molecule has 2 aliphatic rings. The van der Waals surface area contributed by atoms with Crippen LogP contribution in [0.5, 0.6) is 5.75 Å². The summed E-state index contributed by atoms with van der Waals surface area (Å²) in [5.74, 6) is 1.48. The van der Waals surface area contributed by atoms with Crippen LogP contribution in [0.4, 0.5) is 0 Å². The van der Waals surface area contributed by atoms with E-state index in [0.29, 0.717) is 6.42 Å². The first kappa shape index (κ1) is 17.1. The third-order valence-electron chi connectivity index (χ3n) is 5.78. The van der Waals surface area contributed by atoms with E-state index in [1.165, 1.54) is 11.1 Å². The van der Waals surface area contributed by atoms with Crippen LogP contribution >= 0.6 is 0 Å². The van der Waals surface area contributed by atoms with E-state index in [1.807, 2.05) is 29.9 Å². The molecule has 0 aliphatic carbocycles. The molecule has 0 saturated carbocycles. The Labute approximate surface area is 154 Å². The Hall–Kier alpha value is -2.34. The van der Waals surface area contributed by atoms with Gasteiger partial charge in [0.2, 0.25) is 5.91 Å². The Morgan fingerprint density at radius 3 is 2.96 bits per heavy atom. The van der Waals surface area contributed by atoms with Gasteiger partial charge in [-0.3, -0.25) is 9.48 Å². The van der Waals surface area contributed by atoms with Crippen LogP contribution in [-0.4, -0.2) is 40.8 Å². The van der Waals surface area contributed by atoms with Crippen molar-refractivity contribution in [2.24, 2.45) is 13.0 Å². The average molecular weight is 354 g/mol. The number of nitrogens with zero attached hydrogens (tertiary/aromatic N) is 3. The Bertz CT molecular complexity index is 829. The Morgan fingerprint density at radius 1 is 1.35 bits per heavy atom. The van der Waals surface area contributed by atoms with Crippen LogP contribution < -0.4 is 10.1 Å². The van der Waals surface area contributed by atoms with Gasteiger partial charge in [0, 0.05) is 57.2 Å². The minimum atomic E-state index is 0.0946. The summed E-state index contributed by atoms with van der Waals surface area (Å²) in [6.45, 7) is 4.47. The minimum absolute atomic E-state index is 0.0946. The van der Waals surface area contributed by atoms with E-state index in [2.05, 4.69) is 35.5 Å². The summed E-state index contributed by atoms with van der Waals surface area (Å²) in [7, 11) is 3.85. The number of nitrogens with one attached hydrogen (secondary N) is 1. The summed E-state index contributed by atoms with van der Waals surface area (Å²) < 4.78 is 7.45. The van der Waals surface area contributed by atoms with E-state index < -0.39 is 0 Å². The second-order valence-electron chi connectivity index (χ2n) is 7.39. The van der Waals surface area contributed by atoms with Crippen LogP contribution in [0, 0.1) is 12.8 Å². The van der Waals surface area contributed by atoms with Crippen LogP contribution in [0.2, 0.25) is 0 Å². The smallest absolute Gasteiger partial charge is 0.223 e. The van der Waals surface area contributed by atoms with Gasteiger partial charge in [0.05, 0.1) is 18.8 Å². The number of hydrogen-bond donors (Lipinski definition) is 1. The van der Waals surface area contributed by atoms with E-state index in [4.69, 9.17) is 4.74 Å². The molecule has 1 saturated heterocycles. The molecule has 1 N–H and O–H groups in total. The molecule has 3 heterocycles. The normalized spacial score (nSPS) is 22.0. The van der Waals surface area contributed by atoms with E-state index in [-0.39, 0.29) is 17.9 Å². The molecule has 26 heavy (non-hydrogen) atoms. The number of ether oxygens (including phenoxy) is 1. The van der Waals surface area contributed by atoms with Crippen molar-refractivity contribution in [1.29, 1.82) is 0 Å². The maximum absolute atomic E-state index is 12.3. The highest BCUT2D eigenvalue weighted by Crippen LogP contribution is 2.37. The number of carbonyl (C=O) groups excluding carboxylic acids is 1. The third kappa shape index (κ3) is 2.98. The van der Waals surface area contributed by atoms with Gasteiger partial charge < -0.3 is 15.0 Å². The molecular formula is C20H26N4O2. The minimum Gasteiger partial charge on any atom is -0.493 e. The van der Waals surface area contributed by atoms with Crippen molar-refractivity contribution in [3.05, 3.63) is 46.8 Å². The fourth-order valence-corrected chi connectivity index (χ4v) is 4.16. The first-order chi connectivity index (χ1) is 12.5. The van der Waals surface area contributed by atoms with Gasteiger partial charge in [0.15, 0.2) is 0 Å². The summed E-state index contributed by atoms with van der Waals surface area (Å²) >= 11 is 0. The van der Waals surface area contributed by atoms with E-state index in [1.54, 1.807) is 0 Å². The summed E-state index contributed by atoms with van der Waals surface area (Å²) in [6.07, 6.45) is 3.48. The van der Waals surface area contributed by atoms with Crippen molar-refractivity contribution < 1.29 is 9.53 Å². The SMILES string of the molecule is Cc1c([C@H]2[C@H](CNCc3ccc4c(c3)CCO4)CC(=O)N2C)cnn1C. The van der Waals surface area contributed by atoms with Crippen molar-refractivity contribution in [1.82, 2.24) is 20.0 Å². The number of aryl methyl sites for hydroxylation is 1. The second kappa shape index (κ2) is 6.76. The zero-order valence-electron chi connectivity index (χ0n) is 15.7. The van der Waals surface area contributed by atoms with Crippen molar-refractivity contribution in [2.45, 2.75) is 32.4 Å². The standard InChI is InChI=1S/C20H26N4O2/c1-13-17(12-22-24(13)3)20-16(9-19(25)23(20)2)11-21-10-14-4-5-18-15(8-14)6-7-26-18/h4-5,8,12,16,20-21H,6-7,9-11H2,1-3H3/t16-,20+/m0/s1. The van der Waals surface area contributed by atoms with E-state index in [0.717, 1.165) is 43.1 Å². The number of fused-ring (bicyclic) bond motifs is 1. The van der Waals surface area contributed by atoms with Crippen molar-refractivity contribution in [2.75, 3.05) is 20.2 Å². The molecule has 6 nitrogen and oxygen atoms in total. The largest absolute Gasteiger partial charge is 0.493 e. The molecule has 1 aromatic carbocycles. The van der Waals surface area contributed by atoms with Gasteiger partial charge in [-0.05, 0) is 24.1 Å². The van der Waals surface area contributed by atoms with Crippen LogP contribution in [0.1, 0.15) is 34.8 Å². The monoisotopic (exact) mass is 354 g/mol. The number of likely N-dealkylation sites (tertiary alicyclic amines) is 1. The number of hydrogen-bond acceptors (Lipinski definition) is 4. The molecule has 0 spiro atoms. The summed E-state index contributed by atoms with van der Waals surface area (Å²) in [5, 5.41) is 7.92. The highest BCUT2D eigenvalue weighted by Gasteiger charge is 2.39. The fourth-order valence-electron chi connectivity index (χ4n) is 4.16. The first-order valence-corrected chi connectivity index (χ1v) is 9.24. The molecule has 2 aliphatic heterocycles. The second-order valence-corrected chi connectivity index (χ2v) is 7.39. The number of carbonyl (C=O) groups is 1. The lowest BCUT2D eigenvalue weighted by atomic mass is 9.94. The van der Waals surface area contributed by atoms with Crippen molar-refractivity contribution >= 4 is 5.91 Å². The molecule has 6 heteroatoms. The van der Waals surface area contributed by atoms with Gasteiger partial charge in [-0.15, -0.1) is 0 Å². The van der Waals surface area contributed by atoms with Crippen molar-refractivity contribution in [3.8, 4) is 5.75 Å². The first-order valence-electron chi connectivity index (χ1n) is 9.24. The van der Waals surface area contributed by atoms with Gasteiger partial charge in [0.25, 0.3) is 0 Å². The molecule has 0 bridgehead atoms. The maximum atomic E-state index is 12.3. The molecule has 138 valence electrons. The molecule has 1 amide bonds. The lowest BCUT2D eigenvalue weighted by molar-refractivity contribution is -0.127. The van der Waals surface area contributed by atoms with E-state index in [9.17, 15) is 4.79 Å². The summed E-state index contributed by atoms with van der Waals surface area (Å²) in [4.78, 5) is 14.2. The predicted octanol–water partition coefficient (Wildman–Crippen LogP) is 1.97.